The molecule has 0 spiro atoms. The Bertz CT molecular complexity index is 220. The van der Waals surface area contributed by atoms with Gasteiger partial charge in [0.15, 0.2) is 0 Å². The Hall–Kier alpha value is -0.120. The molecule has 0 bridgehead atoms. The van der Waals surface area contributed by atoms with E-state index in [9.17, 15) is 5.11 Å². The minimum atomic E-state index is 0.385. The maximum atomic E-state index is 9.29. The fourth-order valence-corrected chi connectivity index (χ4v) is 3.46. The van der Waals surface area contributed by atoms with Crippen LogP contribution in [0.5, 0.6) is 0 Å². The molecule has 0 aromatic carbocycles. The summed E-state index contributed by atoms with van der Waals surface area (Å²) >= 11 is 0. The number of hydrogen-bond donors (Lipinski definition) is 2. The van der Waals surface area contributed by atoms with E-state index < -0.39 is 0 Å². The summed E-state index contributed by atoms with van der Waals surface area (Å²) in [7, 11) is 2.25. The van der Waals surface area contributed by atoms with Gasteiger partial charge in [-0.15, -0.1) is 0 Å². The van der Waals surface area contributed by atoms with Gasteiger partial charge in [-0.05, 0) is 57.7 Å². The standard InChI is InChI=1S/C14H28N2O/c1-16-8-3-2-7-14(16)10-15-9-12-5-4-6-13(12)11-17/h12-15,17H,2-11H2,1H3. The highest BCUT2D eigenvalue weighted by molar-refractivity contribution is 4.81. The topological polar surface area (TPSA) is 35.5 Å². The number of hydrogen-bond acceptors (Lipinski definition) is 3. The molecule has 3 nitrogen and oxygen atoms in total. The number of aliphatic hydroxyl groups excluding tert-OH is 1. The lowest BCUT2D eigenvalue weighted by Crippen LogP contribution is -2.44. The zero-order chi connectivity index (χ0) is 12.1. The second-order valence-corrected chi connectivity index (χ2v) is 5.92. The van der Waals surface area contributed by atoms with Crippen LogP contribution in [0.1, 0.15) is 38.5 Å². The van der Waals surface area contributed by atoms with Crippen LogP contribution >= 0.6 is 0 Å². The van der Waals surface area contributed by atoms with Crippen LogP contribution in [-0.4, -0.2) is 49.3 Å². The molecular weight excluding hydrogens is 212 g/mol. The number of aliphatic hydroxyl groups is 1. The number of nitrogens with one attached hydrogen (secondary N) is 1. The molecule has 0 radical (unpaired) electrons. The Kier molecular flexibility index (Phi) is 5.26. The van der Waals surface area contributed by atoms with Crippen LogP contribution in [-0.2, 0) is 0 Å². The van der Waals surface area contributed by atoms with Crippen molar-refractivity contribution in [1.82, 2.24) is 10.2 Å². The Morgan fingerprint density at radius 1 is 1.06 bits per heavy atom. The van der Waals surface area contributed by atoms with Gasteiger partial charge in [-0.25, -0.2) is 0 Å². The van der Waals surface area contributed by atoms with Gasteiger partial charge in [0.25, 0.3) is 0 Å². The summed E-state index contributed by atoms with van der Waals surface area (Å²) in [4.78, 5) is 2.49. The molecular formula is C14H28N2O. The summed E-state index contributed by atoms with van der Waals surface area (Å²) in [5.74, 6) is 1.28. The first-order valence-electron chi connectivity index (χ1n) is 7.33. The van der Waals surface area contributed by atoms with E-state index in [1.54, 1.807) is 0 Å². The van der Waals surface area contributed by atoms with Crippen molar-refractivity contribution in [3.63, 3.8) is 0 Å². The number of likely N-dealkylation sites (N-methyl/N-ethyl adjacent to an activating group) is 1. The van der Waals surface area contributed by atoms with Gasteiger partial charge in [-0.3, -0.25) is 0 Å². The van der Waals surface area contributed by atoms with Gasteiger partial charge in [-0.1, -0.05) is 12.8 Å². The molecule has 2 N–H and O–H groups in total. The summed E-state index contributed by atoms with van der Waals surface area (Å²) < 4.78 is 0. The first-order chi connectivity index (χ1) is 8.31. The molecule has 1 aliphatic carbocycles. The van der Waals surface area contributed by atoms with E-state index in [4.69, 9.17) is 0 Å². The van der Waals surface area contributed by atoms with Crippen LogP contribution in [0, 0.1) is 11.8 Å². The predicted molar refractivity (Wildman–Crippen MR) is 71.1 cm³/mol. The Morgan fingerprint density at radius 3 is 2.65 bits per heavy atom. The maximum Gasteiger partial charge on any atom is 0.0462 e. The first kappa shape index (κ1) is 13.3. The molecule has 0 aromatic rings. The predicted octanol–water partition coefficient (Wildman–Crippen LogP) is 1.47. The molecule has 2 fully saturated rings. The smallest absolute Gasteiger partial charge is 0.0462 e. The van der Waals surface area contributed by atoms with Crippen LogP contribution in [0.2, 0.25) is 0 Å². The van der Waals surface area contributed by atoms with E-state index in [-0.39, 0.29) is 0 Å². The molecule has 1 heterocycles. The summed E-state index contributed by atoms with van der Waals surface area (Å²) in [5.41, 5.74) is 0. The molecule has 17 heavy (non-hydrogen) atoms. The lowest BCUT2D eigenvalue weighted by Gasteiger charge is -2.33. The van der Waals surface area contributed by atoms with E-state index in [2.05, 4.69) is 17.3 Å². The minimum Gasteiger partial charge on any atom is -0.396 e. The Labute approximate surface area is 106 Å². The van der Waals surface area contributed by atoms with Crippen molar-refractivity contribution in [3.05, 3.63) is 0 Å². The molecule has 3 unspecified atom stereocenters. The fraction of sp³-hybridized carbons (Fsp3) is 1.00. The molecule has 3 atom stereocenters. The molecule has 0 aromatic heterocycles. The van der Waals surface area contributed by atoms with Crippen LogP contribution in [0.25, 0.3) is 0 Å². The quantitative estimate of drug-likeness (QED) is 0.764. The second-order valence-electron chi connectivity index (χ2n) is 5.92. The average Bonchev–Trinajstić information content (AvgIpc) is 2.79. The third-order valence-electron chi connectivity index (χ3n) is 4.76. The zero-order valence-corrected chi connectivity index (χ0v) is 11.2. The number of rotatable bonds is 5. The van der Waals surface area contributed by atoms with Crippen molar-refractivity contribution in [2.24, 2.45) is 11.8 Å². The summed E-state index contributed by atoms with van der Waals surface area (Å²) in [6.07, 6.45) is 7.94. The van der Waals surface area contributed by atoms with Crippen LogP contribution < -0.4 is 5.32 Å². The van der Waals surface area contributed by atoms with E-state index in [1.807, 2.05) is 0 Å². The Morgan fingerprint density at radius 2 is 1.88 bits per heavy atom. The molecule has 2 rings (SSSR count). The van der Waals surface area contributed by atoms with E-state index in [0.29, 0.717) is 18.4 Å². The molecule has 2 aliphatic rings. The van der Waals surface area contributed by atoms with Gasteiger partial charge >= 0.3 is 0 Å². The Balaban J connectivity index is 1.65. The molecule has 1 saturated carbocycles. The van der Waals surface area contributed by atoms with Crippen molar-refractivity contribution >= 4 is 0 Å². The van der Waals surface area contributed by atoms with Gasteiger partial charge < -0.3 is 15.3 Å². The van der Waals surface area contributed by atoms with Gasteiger partial charge in [0.2, 0.25) is 0 Å². The van der Waals surface area contributed by atoms with Crippen molar-refractivity contribution < 1.29 is 5.11 Å². The SMILES string of the molecule is CN1CCCCC1CNCC1CCCC1CO. The van der Waals surface area contributed by atoms with Crippen molar-refractivity contribution in [2.75, 3.05) is 33.3 Å². The lowest BCUT2D eigenvalue weighted by atomic mass is 9.96. The van der Waals surface area contributed by atoms with E-state index >= 15 is 0 Å². The van der Waals surface area contributed by atoms with Crippen LogP contribution in [0.3, 0.4) is 0 Å². The second kappa shape index (κ2) is 6.72. The van der Waals surface area contributed by atoms with Crippen LogP contribution in [0.15, 0.2) is 0 Å². The number of likely N-dealkylation sites (tertiary alicyclic amines) is 1. The average molecular weight is 240 g/mol. The van der Waals surface area contributed by atoms with Gasteiger partial charge in [0.05, 0.1) is 0 Å². The number of nitrogens with zero attached hydrogens (tertiary/aromatic N) is 1. The highest BCUT2D eigenvalue weighted by atomic mass is 16.3. The molecule has 0 amide bonds. The molecule has 1 aliphatic heterocycles. The fourth-order valence-electron chi connectivity index (χ4n) is 3.46. The van der Waals surface area contributed by atoms with Crippen LogP contribution in [0.4, 0.5) is 0 Å². The molecule has 1 saturated heterocycles. The van der Waals surface area contributed by atoms with Crippen molar-refractivity contribution in [2.45, 2.75) is 44.6 Å². The maximum absolute atomic E-state index is 9.29. The highest BCUT2D eigenvalue weighted by Crippen LogP contribution is 2.30. The van der Waals surface area contributed by atoms with E-state index in [1.165, 1.54) is 45.1 Å². The third-order valence-corrected chi connectivity index (χ3v) is 4.76. The third kappa shape index (κ3) is 3.67. The lowest BCUT2D eigenvalue weighted by molar-refractivity contribution is 0.169. The van der Waals surface area contributed by atoms with Crippen molar-refractivity contribution in [1.29, 1.82) is 0 Å². The largest absolute Gasteiger partial charge is 0.396 e. The normalized spacial score (nSPS) is 35.3. The van der Waals surface area contributed by atoms with E-state index in [0.717, 1.165) is 19.1 Å². The summed E-state index contributed by atoms with van der Waals surface area (Å²) in [5, 5.41) is 12.9. The zero-order valence-electron chi connectivity index (χ0n) is 11.2. The molecule has 3 heteroatoms. The summed E-state index contributed by atoms with van der Waals surface area (Å²) in [6, 6.07) is 0.734. The highest BCUT2D eigenvalue weighted by Gasteiger charge is 2.26. The van der Waals surface area contributed by atoms with Gasteiger partial charge in [-0.2, -0.15) is 0 Å². The number of piperidine rings is 1. The monoisotopic (exact) mass is 240 g/mol. The minimum absolute atomic E-state index is 0.385. The summed E-state index contributed by atoms with van der Waals surface area (Å²) in [6.45, 7) is 3.88. The van der Waals surface area contributed by atoms with Gasteiger partial charge in [0.1, 0.15) is 0 Å². The first-order valence-corrected chi connectivity index (χ1v) is 7.33. The molecule has 100 valence electrons. The van der Waals surface area contributed by atoms with Gasteiger partial charge in [0, 0.05) is 19.2 Å². The van der Waals surface area contributed by atoms with Crippen molar-refractivity contribution in [3.8, 4) is 0 Å².